The van der Waals surface area contributed by atoms with Crippen molar-refractivity contribution in [1.29, 1.82) is 0 Å². The van der Waals surface area contributed by atoms with Crippen LogP contribution in [0.2, 0.25) is 5.02 Å². The van der Waals surface area contributed by atoms with Crippen molar-refractivity contribution in [2.24, 2.45) is 0 Å². The average Bonchev–Trinajstić information content (AvgIpc) is 2.64. The van der Waals surface area contributed by atoms with Crippen molar-refractivity contribution in [3.8, 4) is 0 Å². The van der Waals surface area contributed by atoms with Gasteiger partial charge in [-0.2, -0.15) is 0 Å². The number of amides is 1. The third-order valence-corrected chi connectivity index (χ3v) is 5.10. The van der Waals surface area contributed by atoms with E-state index < -0.39 is 30.3 Å². The Morgan fingerprint density at radius 2 is 2.19 bits per heavy atom. The second-order valence-corrected chi connectivity index (χ2v) is 7.41. The first kappa shape index (κ1) is 17.1. The van der Waals surface area contributed by atoms with E-state index in [4.69, 9.17) is 14.3 Å². The Labute approximate surface area is 166 Å². The van der Waals surface area contributed by atoms with Crippen LogP contribution in [0.3, 0.4) is 0 Å². The molecule has 3 rings (SSSR count). The number of likely N-dealkylation sites (tertiary alicyclic amines) is 1. The van der Waals surface area contributed by atoms with Crippen LogP contribution >= 0.6 is 11.6 Å². The van der Waals surface area contributed by atoms with E-state index in [1.807, 2.05) is 19.1 Å². The van der Waals surface area contributed by atoms with Crippen molar-refractivity contribution < 1.29 is 16.3 Å². The van der Waals surface area contributed by atoms with E-state index in [1.165, 1.54) is 12.1 Å². The van der Waals surface area contributed by atoms with Crippen molar-refractivity contribution in [1.82, 2.24) is 9.88 Å². The number of alkyl halides is 1. The third-order valence-electron chi connectivity index (χ3n) is 4.81. The van der Waals surface area contributed by atoms with Crippen LogP contribution in [0.1, 0.15) is 50.0 Å². The molecular weight excluding hydrogens is 370 g/mol. The number of carbonyl (C=O) groups is 1. The zero-order chi connectivity index (χ0) is 21.2. The summed E-state index contributed by atoms with van der Waals surface area (Å²) in [5.41, 5.74) is 0.328. The lowest BCUT2D eigenvalue weighted by Gasteiger charge is -2.36. The lowest BCUT2D eigenvalue weighted by atomic mass is 9.87. The van der Waals surface area contributed by atoms with E-state index in [-0.39, 0.29) is 30.0 Å². The summed E-state index contributed by atoms with van der Waals surface area (Å²) < 4.78 is 45.2. The second-order valence-electron chi connectivity index (χ2n) is 7.00. The van der Waals surface area contributed by atoms with E-state index in [1.54, 1.807) is 6.20 Å². The van der Waals surface area contributed by atoms with Crippen LogP contribution in [0.25, 0.3) is 0 Å². The van der Waals surface area contributed by atoms with Gasteiger partial charge in [-0.05, 0) is 68.9 Å². The largest absolute Gasteiger partial charge is 0.338 e. The topological polar surface area (TPSA) is 33.2 Å². The minimum absolute atomic E-state index is 0.0501. The monoisotopic (exact) mass is 394 g/mol. The summed E-state index contributed by atoms with van der Waals surface area (Å²) in [5, 5.41) is -0.210. The van der Waals surface area contributed by atoms with Gasteiger partial charge in [-0.15, -0.1) is 0 Å². The normalized spacial score (nSPS) is 22.9. The van der Waals surface area contributed by atoms with Crippen molar-refractivity contribution in [2.75, 3.05) is 13.0 Å². The number of hydrogen-bond donors (Lipinski definition) is 0. The smallest absolute Gasteiger partial charge is 0.253 e. The number of halogens is 3. The molecule has 3 nitrogen and oxygen atoms in total. The number of benzene rings is 1. The van der Waals surface area contributed by atoms with Gasteiger partial charge in [0.1, 0.15) is 11.5 Å². The highest BCUT2D eigenvalue weighted by Crippen LogP contribution is 2.32. The van der Waals surface area contributed by atoms with Crippen molar-refractivity contribution in [3.63, 3.8) is 0 Å². The van der Waals surface area contributed by atoms with Crippen molar-refractivity contribution >= 4 is 17.5 Å². The lowest BCUT2D eigenvalue weighted by molar-refractivity contribution is 0.0389. The quantitative estimate of drug-likeness (QED) is 0.702. The Morgan fingerprint density at radius 1 is 1.37 bits per heavy atom. The van der Waals surface area contributed by atoms with Crippen LogP contribution < -0.4 is 0 Å². The van der Waals surface area contributed by atoms with Crippen LogP contribution in [-0.4, -0.2) is 34.5 Å². The predicted molar refractivity (Wildman–Crippen MR) is 102 cm³/mol. The van der Waals surface area contributed by atoms with E-state index in [9.17, 15) is 9.18 Å². The fourth-order valence-corrected chi connectivity index (χ4v) is 3.30. The van der Waals surface area contributed by atoms with Gasteiger partial charge in [0.25, 0.3) is 5.91 Å². The SMILES string of the molecule is [2H]C1([2H])CC(F)(CCCc2ccc(C)cn2)CCN1C(=O)c1ccc(F)c(Cl)c1. The second kappa shape index (κ2) is 8.34. The van der Waals surface area contributed by atoms with Gasteiger partial charge >= 0.3 is 0 Å². The molecule has 1 aliphatic heterocycles. The number of aromatic nitrogens is 1. The standard InChI is InChI=1S/C21H23ClF2N2O/c1-15-4-6-17(25-14-15)3-2-8-21(24)9-11-26(12-10-21)20(27)16-5-7-19(23)18(22)13-16/h4-7,13-14H,2-3,8-12H2,1H3/i11D2. The average molecular weight is 395 g/mol. The minimum Gasteiger partial charge on any atom is -0.338 e. The van der Waals surface area contributed by atoms with Gasteiger partial charge in [0.05, 0.1) is 5.02 Å². The van der Waals surface area contributed by atoms with Crippen LogP contribution in [0.15, 0.2) is 36.5 Å². The van der Waals surface area contributed by atoms with Gasteiger partial charge in [0, 0.05) is 33.2 Å². The molecule has 2 aromatic rings. The molecule has 2 heterocycles. The summed E-state index contributed by atoms with van der Waals surface area (Å²) in [4.78, 5) is 18.0. The number of carbonyl (C=O) groups excluding carboxylic acids is 1. The fourth-order valence-electron chi connectivity index (χ4n) is 3.12. The van der Waals surface area contributed by atoms with Crippen LogP contribution in [-0.2, 0) is 6.42 Å². The highest BCUT2D eigenvalue weighted by molar-refractivity contribution is 6.31. The van der Waals surface area contributed by atoms with Gasteiger partial charge in [0.2, 0.25) is 0 Å². The number of piperidine rings is 1. The molecule has 0 aliphatic carbocycles. The molecule has 1 amide bonds. The summed E-state index contributed by atoms with van der Waals surface area (Å²) in [7, 11) is 0. The van der Waals surface area contributed by atoms with Gasteiger partial charge in [-0.1, -0.05) is 17.7 Å². The summed E-state index contributed by atoms with van der Waals surface area (Å²) in [6.07, 6.45) is 2.78. The summed E-state index contributed by atoms with van der Waals surface area (Å²) in [6, 6.07) is 7.35. The van der Waals surface area contributed by atoms with Gasteiger partial charge < -0.3 is 4.90 Å². The maximum absolute atomic E-state index is 15.3. The van der Waals surface area contributed by atoms with Crippen LogP contribution in [0, 0.1) is 12.7 Å². The fraction of sp³-hybridized carbons (Fsp3) is 0.429. The molecule has 1 aromatic carbocycles. The van der Waals surface area contributed by atoms with Gasteiger partial charge in [-0.3, -0.25) is 9.78 Å². The Bertz CT molecular complexity index is 895. The van der Waals surface area contributed by atoms with E-state index >= 15 is 4.39 Å². The Kier molecular flexibility index (Phi) is 5.29. The van der Waals surface area contributed by atoms with Gasteiger partial charge in [-0.25, -0.2) is 8.78 Å². The predicted octanol–water partition coefficient (Wildman–Crippen LogP) is 5.15. The van der Waals surface area contributed by atoms with E-state index in [2.05, 4.69) is 4.98 Å². The Balaban J connectivity index is 1.62. The highest BCUT2D eigenvalue weighted by atomic mass is 35.5. The molecule has 0 saturated carbocycles. The first-order chi connectivity index (χ1) is 13.6. The molecular formula is C21H23ClF2N2O. The Hall–Kier alpha value is -2.01. The number of nitrogens with zero attached hydrogens (tertiary/aromatic N) is 2. The zero-order valence-corrected chi connectivity index (χ0v) is 15.9. The lowest BCUT2D eigenvalue weighted by Crippen LogP contribution is -2.44. The molecule has 1 saturated heterocycles. The molecule has 1 aliphatic rings. The van der Waals surface area contributed by atoms with E-state index in [0.29, 0.717) is 12.8 Å². The number of hydrogen-bond acceptors (Lipinski definition) is 2. The molecule has 27 heavy (non-hydrogen) atoms. The van der Waals surface area contributed by atoms with Gasteiger partial charge in [0.15, 0.2) is 0 Å². The summed E-state index contributed by atoms with van der Waals surface area (Å²) >= 11 is 5.72. The van der Waals surface area contributed by atoms with E-state index in [0.717, 1.165) is 22.2 Å². The number of aryl methyl sites for hydroxylation is 2. The van der Waals surface area contributed by atoms with Crippen LogP contribution in [0.4, 0.5) is 8.78 Å². The molecule has 0 spiro atoms. The molecule has 1 aromatic heterocycles. The molecule has 1 atom stereocenters. The molecule has 0 N–H and O–H groups in total. The highest BCUT2D eigenvalue weighted by Gasteiger charge is 2.35. The van der Waals surface area contributed by atoms with Crippen molar-refractivity contribution in [2.45, 2.75) is 44.7 Å². The molecule has 1 fully saturated rings. The summed E-state index contributed by atoms with van der Waals surface area (Å²) in [5.74, 6) is -1.28. The van der Waals surface area contributed by atoms with Crippen molar-refractivity contribution in [3.05, 3.63) is 64.2 Å². The maximum Gasteiger partial charge on any atom is 0.253 e. The third kappa shape index (κ3) is 5.04. The molecule has 0 bridgehead atoms. The molecule has 6 heteroatoms. The number of pyridine rings is 1. The molecule has 1 unspecified atom stereocenters. The minimum atomic E-state index is -2.15. The van der Waals surface area contributed by atoms with Crippen LogP contribution in [0.5, 0.6) is 0 Å². The maximum atomic E-state index is 15.3. The molecule has 144 valence electrons. The first-order valence-corrected chi connectivity index (χ1v) is 9.35. The first-order valence-electron chi connectivity index (χ1n) is 9.97. The molecule has 0 radical (unpaired) electrons. The number of rotatable bonds is 5. The zero-order valence-electron chi connectivity index (χ0n) is 17.1. The summed E-state index contributed by atoms with van der Waals surface area (Å²) in [6.45, 7) is -0.252. The Morgan fingerprint density at radius 3 is 2.85 bits per heavy atom.